The maximum atomic E-state index is 15.8. The molecule has 0 aromatic heterocycles. The number of aryl methyl sites for hydroxylation is 1. The predicted molar refractivity (Wildman–Crippen MR) is 127 cm³/mol. The first-order valence-corrected chi connectivity index (χ1v) is 14.0. The van der Waals surface area contributed by atoms with Gasteiger partial charge in [-0.3, -0.25) is 0 Å². The highest BCUT2D eigenvalue weighted by Gasteiger charge is 2.34. The zero-order valence-electron chi connectivity index (χ0n) is 18.9. The SMILES string of the molecule is CC(C)c1c(S(=O)(=O)NCCOc2ccccc2)cc2c(c1F)CCc1ccccc1S2(=O)=O. The van der Waals surface area contributed by atoms with Crippen LogP contribution < -0.4 is 9.46 Å². The van der Waals surface area contributed by atoms with Crippen LogP contribution in [0.25, 0.3) is 0 Å². The Morgan fingerprint density at radius 1 is 1.00 bits per heavy atom. The van der Waals surface area contributed by atoms with Crippen molar-refractivity contribution >= 4 is 19.9 Å². The molecule has 9 heteroatoms. The smallest absolute Gasteiger partial charge is 0.241 e. The van der Waals surface area contributed by atoms with E-state index < -0.39 is 31.6 Å². The van der Waals surface area contributed by atoms with E-state index in [-0.39, 0.29) is 45.4 Å². The van der Waals surface area contributed by atoms with Crippen molar-refractivity contribution in [3.63, 3.8) is 0 Å². The Kier molecular flexibility index (Phi) is 6.80. The fraction of sp³-hybridized carbons (Fsp3) is 0.280. The summed E-state index contributed by atoms with van der Waals surface area (Å²) in [6.07, 6.45) is 0.508. The lowest BCUT2D eigenvalue weighted by Crippen LogP contribution is -2.30. The molecule has 0 saturated heterocycles. The first-order chi connectivity index (χ1) is 16.1. The van der Waals surface area contributed by atoms with E-state index in [1.54, 1.807) is 56.3 Å². The fourth-order valence-corrected chi connectivity index (χ4v) is 7.45. The minimum Gasteiger partial charge on any atom is -0.492 e. The Balaban J connectivity index is 1.73. The van der Waals surface area contributed by atoms with Gasteiger partial charge in [-0.1, -0.05) is 50.2 Å². The molecule has 1 heterocycles. The number of para-hydroxylation sites is 1. The van der Waals surface area contributed by atoms with E-state index in [0.29, 0.717) is 17.7 Å². The van der Waals surface area contributed by atoms with Crippen LogP contribution in [-0.4, -0.2) is 30.0 Å². The van der Waals surface area contributed by atoms with E-state index in [0.717, 1.165) is 6.07 Å². The molecule has 0 aliphatic carbocycles. The van der Waals surface area contributed by atoms with Gasteiger partial charge in [0.05, 0.1) is 14.7 Å². The van der Waals surface area contributed by atoms with Crippen LogP contribution in [0, 0.1) is 5.82 Å². The summed E-state index contributed by atoms with van der Waals surface area (Å²) < 4.78 is 77.0. The normalized spacial score (nSPS) is 14.8. The molecule has 0 saturated carbocycles. The summed E-state index contributed by atoms with van der Waals surface area (Å²) in [5, 5.41) is 0. The van der Waals surface area contributed by atoms with Crippen molar-refractivity contribution in [3.05, 3.63) is 83.2 Å². The van der Waals surface area contributed by atoms with Gasteiger partial charge in [0.15, 0.2) is 0 Å². The number of hydrogen-bond acceptors (Lipinski definition) is 5. The van der Waals surface area contributed by atoms with Gasteiger partial charge in [-0.05, 0) is 48.6 Å². The van der Waals surface area contributed by atoms with Crippen molar-refractivity contribution in [3.8, 4) is 5.75 Å². The topological polar surface area (TPSA) is 89.5 Å². The first-order valence-electron chi connectivity index (χ1n) is 11.0. The van der Waals surface area contributed by atoms with E-state index in [2.05, 4.69) is 4.72 Å². The Bertz CT molecular complexity index is 1420. The second-order valence-electron chi connectivity index (χ2n) is 8.40. The van der Waals surface area contributed by atoms with Gasteiger partial charge >= 0.3 is 0 Å². The summed E-state index contributed by atoms with van der Waals surface area (Å²) in [5.74, 6) is -0.666. The average molecular weight is 504 g/mol. The molecule has 0 fully saturated rings. The van der Waals surface area contributed by atoms with Gasteiger partial charge in [0.25, 0.3) is 0 Å². The van der Waals surface area contributed by atoms with E-state index in [4.69, 9.17) is 4.74 Å². The maximum Gasteiger partial charge on any atom is 0.241 e. The molecule has 1 aliphatic heterocycles. The van der Waals surface area contributed by atoms with Crippen LogP contribution in [0.15, 0.2) is 75.4 Å². The molecule has 3 aromatic rings. The predicted octanol–water partition coefficient (Wildman–Crippen LogP) is 4.24. The molecule has 0 atom stereocenters. The van der Waals surface area contributed by atoms with Gasteiger partial charge < -0.3 is 4.74 Å². The van der Waals surface area contributed by atoms with Crippen LogP contribution in [0.3, 0.4) is 0 Å². The number of ether oxygens (including phenoxy) is 1. The number of fused-ring (bicyclic) bond motifs is 2. The number of sulfone groups is 1. The Morgan fingerprint density at radius 3 is 2.38 bits per heavy atom. The van der Waals surface area contributed by atoms with Gasteiger partial charge in [0.1, 0.15) is 18.2 Å². The molecule has 0 spiro atoms. The molecule has 1 N–H and O–H groups in total. The summed E-state index contributed by atoms with van der Waals surface area (Å²) >= 11 is 0. The molecule has 3 aromatic carbocycles. The van der Waals surface area contributed by atoms with E-state index in [1.165, 1.54) is 6.07 Å². The Labute approximate surface area is 199 Å². The molecule has 0 amide bonds. The summed E-state index contributed by atoms with van der Waals surface area (Å²) in [6.45, 7) is 3.35. The Morgan fingerprint density at radius 2 is 1.68 bits per heavy atom. The van der Waals surface area contributed by atoms with E-state index in [9.17, 15) is 16.8 Å². The van der Waals surface area contributed by atoms with Gasteiger partial charge in [0.2, 0.25) is 19.9 Å². The van der Waals surface area contributed by atoms with Crippen molar-refractivity contribution in [1.29, 1.82) is 0 Å². The molecular formula is C25H26FNO5S2. The van der Waals surface area contributed by atoms with Crippen LogP contribution in [0.5, 0.6) is 5.75 Å². The minimum absolute atomic E-state index is 0.0172. The zero-order chi connectivity index (χ0) is 24.5. The molecule has 4 rings (SSSR count). The highest BCUT2D eigenvalue weighted by Crippen LogP contribution is 2.38. The molecule has 180 valence electrons. The Hall–Kier alpha value is -2.75. The van der Waals surface area contributed by atoms with Crippen LogP contribution in [-0.2, 0) is 32.7 Å². The third-order valence-electron chi connectivity index (χ3n) is 5.80. The number of rotatable bonds is 7. The van der Waals surface area contributed by atoms with Gasteiger partial charge in [-0.15, -0.1) is 0 Å². The molecule has 34 heavy (non-hydrogen) atoms. The van der Waals surface area contributed by atoms with E-state index in [1.807, 2.05) is 6.07 Å². The molecule has 6 nitrogen and oxygen atoms in total. The number of halogens is 1. The molecular weight excluding hydrogens is 477 g/mol. The van der Waals surface area contributed by atoms with Gasteiger partial charge in [0, 0.05) is 17.7 Å². The quantitative estimate of drug-likeness (QED) is 0.487. The highest BCUT2D eigenvalue weighted by atomic mass is 32.2. The molecule has 0 unspecified atom stereocenters. The summed E-state index contributed by atoms with van der Waals surface area (Å²) in [5.41, 5.74) is 0.604. The monoisotopic (exact) mass is 503 g/mol. The highest BCUT2D eigenvalue weighted by molar-refractivity contribution is 7.92. The van der Waals surface area contributed by atoms with Crippen molar-refractivity contribution in [2.75, 3.05) is 13.2 Å². The minimum atomic E-state index is -4.22. The molecule has 1 aliphatic rings. The molecule has 0 bridgehead atoms. The summed E-state index contributed by atoms with van der Waals surface area (Å²) in [4.78, 5) is -0.570. The third-order valence-corrected chi connectivity index (χ3v) is 9.22. The maximum absolute atomic E-state index is 15.8. The van der Waals surface area contributed by atoms with Crippen LogP contribution in [0.2, 0.25) is 0 Å². The number of benzene rings is 3. The summed E-state index contributed by atoms with van der Waals surface area (Å²) in [7, 11) is -8.32. The van der Waals surface area contributed by atoms with Crippen LogP contribution >= 0.6 is 0 Å². The number of nitrogens with one attached hydrogen (secondary N) is 1. The van der Waals surface area contributed by atoms with Crippen LogP contribution in [0.1, 0.15) is 36.5 Å². The van der Waals surface area contributed by atoms with E-state index >= 15 is 4.39 Å². The molecule has 0 radical (unpaired) electrons. The van der Waals surface area contributed by atoms with Crippen molar-refractivity contribution < 1.29 is 26.0 Å². The van der Waals surface area contributed by atoms with Crippen molar-refractivity contribution in [2.24, 2.45) is 0 Å². The zero-order valence-corrected chi connectivity index (χ0v) is 20.5. The second-order valence-corrected chi connectivity index (χ2v) is 12.0. The van der Waals surface area contributed by atoms with Crippen molar-refractivity contribution in [2.45, 2.75) is 47.3 Å². The summed E-state index contributed by atoms with van der Waals surface area (Å²) in [6, 6.07) is 16.5. The number of hydrogen-bond donors (Lipinski definition) is 1. The number of sulfonamides is 1. The second kappa shape index (κ2) is 9.48. The van der Waals surface area contributed by atoms with Gasteiger partial charge in [-0.2, -0.15) is 0 Å². The van der Waals surface area contributed by atoms with Crippen LogP contribution in [0.4, 0.5) is 4.39 Å². The fourth-order valence-electron chi connectivity index (χ4n) is 4.19. The lowest BCUT2D eigenvalue weighted by atomic mass is 9.96. The van der Waals surface area contributed by atoms with Gasteiger partial charge in [-0.25, -0.2) is 25.9 Å². The lowest BCUT2D eigenvalue weighted by molar-refractivity contribution is 0.323. The van der Waals surface area contributed by atoms with Crippen molar-refractivity contribution in [1.82, 2.24) is 4.72 Å². The first kappa shape index (κ1) is 24.4. The largest absolute Gasteiger partial charge is 0.492 e. The average Bonchev–Trinajstić information content (AvgIpc) is 2.92. The third kappa shape index (κ3) is 4.60. The lowest BCUT2D eigenvalue weighted by Gasteiger charge is -2.19. The standard InChI is InChI=1S/C25H26FNO5S2/c1-17(2)24-23(34(30,31)27-14-15-32-19-9-4-3-5-10-19)16-22-20(25(24)26)13-12-18-8-6-7-11-21(18)33(22,28)29/h3-11,16-17,27H,12-15H2,1-2H3.